The number of hydrogen-bond acceptors (Lipinski definition) is 3. The fourth-order valence-corrected chi connectivity index (χ4v) is 7.21. The standard InChI is InChI=1S/C36H62O3/c1-10-15-32-38-31-23-22-30-33(34(31)36(9,39-32)24-11-2)35(7,8)25-29(37-30)21-14-20-28(6)19-13-18-27(5)17-12-16-26(3)4/h22-23,26-29,32H,10-21,24-25H2,1-9H3. The van der Waals surface area contributed by atoms with Crippen LogP contribution in [0, 0.1) is 17.8 Å². The third kappa shape index (κ3) is 8.88. The molecule has 1 aromatic rings. The Morgan fingerprint density at radius 3 is 1.92 bits per heavy atom. The topological polar surface area (TPSA) is 27.7 Å². The molecule has 0 aromatic heterocycles. The molecule has 5 atom stereocenters. The van der Waals surface area contributed by atoms with E-state index in [2.05, 4.69) is 74.4 Å². The van der Waals surface area contributed by atoms with Crippen LogP contribution in [-0.4, -0.2) is 12.4 Å². The molecule has 2 aliphatic heterocycles. The lowest BCUT2D eigenvalue weighted by atomic mass is 9.70. The summed E-state index contributed by atoms with van der Waals surface area (Å²) in [4.78, 5) is 0. The van der Waals surface area contributed by atoms with Gasteiger partial charge in [-0.15, -0.1) is 0 Å². The van der Waals surface area contributed by atoms with Gasteiger partial charge >= 0.3 is 0 Å². The molecular weight excluding hydrogens is 480 g/mol. The SMILES string of the molecule is CCCC1Oc2ccc3c(c2C(C)(CCC)O1)C(C)(C)CC(CCCC(C)CCCC(C)CCCC(C)C)O3. The smallest absolute Gasteiger partial charge is 0.200 e. The highest BCUT2D eigenvalue weighted by atomic mass is 16.7. The van der Waals surface area contributed by atoms with Crippen LogP contribution in [0.4, 0.5) is 0 Å². The van der Waals surface area contributed by atoms with Crippen LogP contribution in [0.15, 0.2) is 12.1 Å². The maximum absolute atomic E-state index is 6.72. The van der Waals surface area contributed by atoms with Gasteiger partial charge in [0.1, 0.15) is 11.5 Å². The summed E-state index contributed by atoms with van der Waals surface area (Å²) in [6.07, 6.45) is 17.3. The number of ether oxygens (including phenoxy) is 3. The minimum atomic E-state index is -0.331. The van der Waals surface area contributed by atoms with Crippen molar-refractivity contribution in [3.05, 3.63) is 23.3 Å². The van der Waals surface area contributed by atoms with Gasteiger partial charge in [-0.25, -0.2) is 0 Å². The summed E-state index contributed by atoms with van der Waals surface area (Å²) in [6, 6.07) is 4.32. The molecule has 5 unspecified atom stereocenters. The zero-order valence-electron chi connectivity index (χ0n) is 27.2. The van der Waals surface area contributed by atoms with E-state index in [9.17, 15) is 0 Å². The molecular formula is C36H62O3. The van der Waals surface area contributed by atoms with Crippen molar-refractivity contribution in [2.45, 2.75) is 176 Å². The van der Waals surface area contributed by atoms with E-state index in [0.717, 1.165) is 67.8 Å². The van der Waals surface area contributed by atoms with E-state index in [1.54, 1.807) is 0 Å². The highest BCUT2D eigenvalue weighted by Gasteiger charge is 2.46. The fraction of sp³-hybridized carbons (Fsp3) is 0.833. The van der Waals surface area contributed by atoms with Crippen LogP contribution in [0.2, 0.25) is 0 Å². The van der Waals surface area contributed by atoms with Crippen molar-refractivity contribution in [2.75, 3.05) is 0 Å². The van der Waals surface area contributed by atoms with Gasteiger partial charge in [0.2, 0.25) is 6.29 Å². The maximum Gasteiger partial charge on any atom is 0.200 e. The van der Waals surface area contributed by atoms with Crippen molar-refractivity contribution in [2.24, 2.45) is 17.8 Å². The van der Waals surface area contributed by atoms with Gasteiger partial charge in [-0.2, -0.15) is 0 Å². The Kier molecular flexibility index (Phi) is 12.1. The molecule has 0 bridgehead atoms. The van der Waals surface area contributed by atoms with Gasteiger partial charge in [0.25, 0.3) is 0 Å². The Balaban J connectivity index is 1.56. The number of benzene rings is 1. The molecule has 3 nitrogen and oxygen atoms in total. The zero-order valence-corrected chi connectivity index (χ0v) is 27.2. The summed E-state index contributed by atoms with van der Waals surface area (Å²) >= 11 is 0. The third-order valence-electron chi connectivity index (χ3n) is 9.36. The monoisotopic (exact) mass is 542 g/mol. The van der Waals surface area contributed by atoms with Gasteiger partial charge in [0.05, 0.1) is 11.7 Å². The Labute approximate surface area is 242 Å². The van der Waals surface area contributed by atoms with Crippen LogP contribution < -0.4 is 9.47 Å². The summed E-state index contributed by atoms with van der Waals surface area (Å²) in [5, 5.41) is 0. The van der Waals surface area contributed by atoms with Gasteiger partial charge in [-0.1, -0.05) is 113 Å². The number of fused-ring (bicyclic) bond motifs is 3. The molecule has 3 rings (SSSR count). The molecule has 0 amide bonds. The molecule has 0 saturated heterocycles. The third-order valence-corrected chi connectivity index (χ3v) is 9.36. The minimum Gasteiger partial charge on any atom is -0.490 e. The van der Waals surface area contributed by atoms with Crippen LogP contribution in [0.1, 0.15) is 163 Å². The van der Waals surface area contributed by atoms with Gasteiger partial charge in [-0.05, 0) is 67.9 Å². The minimum absolute atomic E-state index is 0.0280. The van der Waals surface area contributed by atoms with Crippen molar-refractivity contribution in [3.8, 4) is 11.5 Å². The Hall–Kier alpha value is -1.22. The average Bonchev–Trinajstić information content (AvgIpc) is 2.83. The molecule has 2 aliphatic rings. The quantitative estimate of drug-likeness (QED) is 0.208. The van der Waals surface area contributed by atoms with Crippen molar-refractivity contribution < 1.29 is 14.2 Å². The van der Waals surface area contributed by atoms with Crippen molar-refractivity contribution in [3.63, 3.8) is 0 Å². The van der Waals surface area contributed by atoms with E-state index in [0.29, 0.717) is 0 Å². The van der Waals surface area contributed by atoms with E-state index in [-0.39, 0.29) is 23.4 Å². The normalized spacial score (nSPS) is 25.4. The number of hydrogen-bond donors (Lipinski definition) is 0. The zero-order chi connectivity index (χ0) is 28.6. The van der Waals surface area contributed by atoms with Crippen LogP contribution in [-0.2, 0) is 15.8 Å². The van der Waals surface area contributed by atoms with Gasteiger partial charge in [0.15, 0.2) is 0 Å². The average molecular weight is 543 g/mol. The van der Waals surface area contributed by atoms with Crippen LogP contribution in [0.3, 0.4) is 0 Å². The van der Waals surface area contributed by atoms with Gasteiger partial charge in [-0.3, -0.25) is 0 Å². The lowest BCUT2D eigenvalue weighted by Crippen LogP contribution is -2.43. The Bertz CT molecular complexity index is 874. The largest absolute Gasteiger partial charge is 0.490 e. The van der Waals surface area contributed by atoms with Gasteiger partial charge in [0, 0.05) is 17.5 Å². The first-order chi connectivity index (χ1) is 18.5. The summed E-state index contributed by atoms with van der Waals surface area (Å²) in [5.74, 6) is 4.60. The molecule has 1 aromatic carbocycles. The second-order valence-corrected chi connectivity index (χ2v) is 14.5. The van der Waals surface area contributed by atoms with Crippen molar-refractivity contribution in [1.29, 1.82) is 0 Å². The molecule has 0 N–H and O–H groups in total. The molecule has 39 heavy (non-hydrogen) atoms. The summed E-state index contributed by atoms with van der Waals surface area (Å²) in [5.41, 5.74) is 2.26. The van der Waals surface area contributed by atoms with Crippen molar-refractivity contribution in [1.82, 2.24) is 0 Å². The molecule has 2 heterocycles. The van der Waals surface area contributed by atoms with E-state index in [1.165, 1.54) is 62.5 Å². The van der Waals surface area contributed by atoms with Crippen LogP contribution >= 0.6 is 0 Å². The van der Waals surface area contributed by atoms with E-state index in [4.69, 9.17) is 14.2 Å². The predicted octanol–water partition coefficient (Wildman–Crippen LogP) is 11.1. The number of rotatable bonds is 16. The molecule has 3 heteroatoms. The summed E-state index contributed by atoms with van der Waals surface area (Å²) in [6.45, 7) is 21.1. The van der Waals surface area contributed by atoms with Crippen molar-refractivity contribution >= 4 is 0 Å². The molecule has 0 aliphatic carbocycles. The molecule has 224 valence electrons. The fourth-order valence-electron chi connectivity index (χ4n) is 7.21. The first-order valence-electron chi connectivity index (χ1n) is 16.7. The first-order valence-corrected chi connectivity index (χ1v) is 16.7. The summed E-state index contributed by atoms with van der Waals surface area (Å²) < 4.78 is 19.8. The second-order valence-electron chi connectivity index (χ2n) is 14.5. The van der Waals surface area contributed by atoms with Gasteiger partial charge < -0.3 is 14.2 Å². The molecule has 0 fully saturated rings. The van der Waals surface area contributed by atoms with Crippen LogP contribution in [0.5, 0.6) is 11.5 Å². The lowest BCUT2D eigenvalue weighted by molar-refractivity contribution is -0.196. The molecule has 0 spiro atoms. The highest BCUT2D eigenvalue weighted by Crippen LogP contribution is 2.53. The van der Waals surface area contributed by atoms with E-state index < -0.39 is 0 Å². The Morgan fingerprint density at radius 2 is 1.33 bits per heavy atom. The summed E-state index contributed by atoms with van der Waals surface area (Å²) in [7, 11) is 0. The molecule has 0 saturated carbocycles. The Morgan fingerprint density at radius 1 is 0.744 bits per heavy atom. The molecule has 0 radical (unpaired) electrons. The van der Waals surface area contributed by atoms with Crippen LogP contribution in [0.25, 0.3) is 0 Å². The predicted molar refractivity (Wildman–Crippen MR) is 166 cm³/mol. The first kappa shape index (κ1) is 32.3. The van der Waals surface area contributed by atoms with E-state index in [1.807, 2.05) is 0 Å². The second kappa shape index (κ2) is 14.6. The highest BCUT2D eigenvalue weighted by molar-refractivity contribution is 5.56. The lowest BCUT2D eigenvalue weighted by Gasteiger charge is -2.46. The maximum atomic E-state index is 6.72. The van der Waals surface area contributed by atoms with E-state index >= 15 is 0 Å².